The molecule has 0 atom stereocenters. The molecule has 0 aliphatic carbocycles. The zero-order chi connectivity index (χ0) is 14.8. The van der Waals surface area contributed by atoms with Crippen LogP contribution in [0.15, 0.2) is 47.0 Å². The number of nitrogens with one attached hydrogen (secondary N) is 2. The maximum atomic E-state index is 5.31. The number of ether oxygens (including phenoxy) is 1. The van der Waals surface area contributed by atoms with Crippen molar-refractivity contribution in [1.82, 2.24) is 10.6 Å². The highest BCUT2D eigenvalue weighted by atomic mass is 16.5. The van der Waals surface area contributed by atoms with E-state index >= 15 is 0 Å². The summed E-state index contributed by atoms with van der Waals surface area (Å²) in [4.78, 5) is 4.25. The summed E-state index contributed by atoms with van der Waals surface area (Å²) in [6.45, 7) is 3.42. The number of rotatable bonds is 6. The Hall–Kier alpha value is -1.81. The number of nitrogens with zero attached hydrogens (tertiary/aromatic N) is 1. The molecular formula is C17H25N3O. The molecule has 2 rings (SSSR count). The Morgan fingerprint density at radius 3 is 2.57 bits per heavy atom. The predicted octanol–water partition coefficient (Wildman–Crippen LogP) is 2.13. The molecule has 2 N–H and O–H groups in total. The van der Waals surface area contributed by atoms with Crippen molar-refractivity contribution < 1.29 is 4.74 Å². The highest BCUT2D eigenvalue weighted by Gasteiger charge is 2.04. The van der Waals surface area contributed by atoms with Crippen LogP contribution in [0.4, 0.5) is 0 Å². The van der Waals surface area contributed by atoms with E-state index in [0.717, 1.165) is 51.5 Å². The van der Waals surface area contributed by atoms with Crippen LogP contribution in [0.1, 0.15) is 18.4 Å². The third-order valence-electron chi connectivity index (χ3n) is 3.57. The molecule has 4 nitrogen and oxygen atoms in total. The van der Waals surface area contributed by atoms with Gasteiger partial charge in [-0.1, -0.05) is 42.0 Å². The van der Waals surface area contributed by atoms with Crippen LogP contribution in [0.2, 0.25) is 0 Å². The molecular weight excluding hydrogens is 262 g/mol. The summed E-state index contributed by atoms with van der Waals surface area (Å²) in [5.41, 5.74) is 2.82. The van der Waals surface area contributed by atoms with Gasteiger partial charge in [0.25, 0.3) is 0 Å². The monoisotopic (exact) mass is 287 g/mol. The Bertz CT molecular complexity index is 468. The number of benzene rings is 1. The van der Waals surface area contributed by atoms with E-state index in [1.165, 1.54) is 11.1 Å². The van der Waals surface area contributed by atoms with Crippen LogP contribution in [0.5, 0.6) is 0 Å². The molecule has 1 aliphatic heterocycles. The normalized spacial score (nSPS) is 15.5. The number of hydrogen-bond donors (Lipinski definition) is 2. The number of hydrogen-bond acceptors (Lipinski definition) is 2. The largest absolute Gasteiger partial charge is 0.377 e. The molecule has 114 valence electrons. The maximum absolute atomic E-state index is 5.31. The Kier molecular flexibility index (Phi) is 6.81. The Labute approximate surface area is 127 Å². The van der Waals surface area contributed by atoms with E-state index in [2.05, 4.69) is 46.0 Å². The summed E-state index contributed by atoms with van der Waals surface area (Å²) in [5, 5.41) is 6.71. The average molecular weight is 287 g/mol. The van der Waals surface area contributed by atoms with Crippen molar-refractivity contribution in [2.75, 3.05) is 33.4 Å². The highest BCUT2D eigenvalue weighted by molar-refractivity contribution is 5.79. The van der Waals surface area contributed by atoms with E-state index in [-0.39, 0.29) is 0 Å². The third kappa shape index (κ3) is 6.00. The van der Waals surface area contributed by atoms with Crippen LogP contribution in [0.25, 0.3) is 0 Å². The summed E-state index contributed by atoms with van der Waals surface area (Å²) in [5.74, 6) is 0.874. The second kappa shape index (κ2) is 9.19. The van der Waals surface area contributed by atoms with E-state index in [0.29, 0.717) is 0 Å². The van der Waals surface area contributed by atoms with E-state index in [4.69, 9.17) is 4.74 Å². The highest BCUT2D eigenvalue weighted by Crippen LogP contribution is 2.10. The molecule has 1 heterocycles. The first kappa shape index (κ1) is 15.6. The molecule has 0 amide bonds. The molecule has 1 aromatic carbocycles. The molecule has 0 spiro atoms. The van der Waals surface area contributed by atoms with Crippen molar-refractivity contribution in [2.45, 2.75) is 19.3 Å². The number of aliphatic imine (C=N–C) groups is 1. The van der Waals surface area contributed by atoms with Crippen LogP contribution >= 0.6 is 0 Å². The Morgan fingerprint density at radius 1 is 1.14 bits per heavy atom. The lowest BCUT2D eigenvalue weighted by molar-refractivity contribution is 0.153. The van der Waals surface area contributed by atoms with E-state index in [1.807, 2.05) is 13.1 Å². The van der Waals surface area contributed by atoms with Gasteiger partial charge in [0.05, 0.1) is 13.2 Å². The summed E-state index contributed by atoms with van der Waals surface area (Å²) in [6, 6.07) is 10.5. The van der Waals surface area contributed by atoms with Gasteiger partial charge >= 0.3 is 0 Å². The predicted molar refractivity (Wildman–Crippen MR) is 87.6 cm³/mol. The van der Waals surface area contributed by atoms with Crippen LogP contribution in [-0.2, 0) is 11.2 Å². The molecule has 21 heavy (non-hydrogen) atoms. The van der Waals surface area contributed by atoms with E-state index < -0.39 is 0 Å². The molecule has 0 unspecified atom stereocenters. The van der Waals surface area contributed by atoms with Crippen LogP contribution in [0, 0.1) is 0 Å². The van der Waals surface area contributed by atoms with Crippen molar-refractivity contribution in [1.29, 1.82) is 0 Å². The fourth-order valence-corrected chi connectivity index (χ4v) is 2.32. The second-order valence-corrected chi connectivity index (χ2v) is 5.10. The maximum Gasteiger partial charge on any atom is 0.190 e. The SMILES string of the molecule is CN=C(NCCC1=CCOCC1)NCCc1ccccc1. The van der Waals surface area contributed by atoms with Gasteiger partial charge in [0, 0.05) is 20.1 Å². The minimum absolute atomic E-state index is 0.763. The van der Waals surface area contributed by atoms with Gasteiger partial charge in [-0.3, -0.25) is 4.99 Å². The molecule has 1 aromatic rings. The second-order valence-electron chi connectivity index (χ2n) is 5.10. The summed E-state index contributed by atoms with van der Waals surface area (Å²) in [7, 11) is 1.81. The molecule has 0 aromatic heterocycles. The van der Waals surface area contributed by atoms with Gasteiger partial charge in [-0.05, 0) is 24.8 Å². The first-order valence-corrected chi connectivity index (χ1v) is 7.62. The summed E-state index contributed by atoms with van der Waals surface area (Å²) < 4.78 is 5.31. The lowest BCUT2D eigenvalue weighted by atomic mass is 10.1. The van der Waals surface area contributed by atoms with Gasteiger partial charge in [0.1, 0.15) is 0 Å². The average Bonchev–Trinajstić information content (AvgIpc) is 2.55. The van der Waals surface area contributed by atoms with E-state index in [1.54, 1.807) is 0 Å². The summed E-state index contributed by atoms with van der Waals surface area (Å²) in [6.07, 6.45) is 5.31. The van der Waals surface area contributed by atoms with Gasteiger partial charge in [0.2, 0.25) is 0 Å². The Morgan fingerprint density at radius 2 is 1.90 bits per heavy atom. The van der Waals surface area contributed by atoms with Crippen molar-refractivity contribution in [2.24, 2.45) is 4.99 Å². The van der Waals surface area contributed by atoms with Gasteiger partial charge in [-0.15, -0.1) is 0 Å². The minimum Gasteiger partial charge on any atom is -0.377 e. The zero-order valence-electron chi connectivity index (χ0n) is 12.8. The number of guanidine groups is 1. The van der Waals surface area contributed by atoms with Crippen molar-refractivity contribution in [3.05, 3.63) is 47.5 Å². The molecule has 0 fully saturated rings. The van der Waals surface area contributed by atoms with Crippen molar-refractivity contribution in [3.8, 4) is 0 Å². The van der Waals surface area contributed by atoms with Gasteiger partial charge < -0.3 is 15.4 Å². The molecule has 0 saturated carbocycles. The topological polar surface area (TPSA) is 45.7 Å². The van der Waals surface area contributed by atoms with Crippen LogP contribution in [-0.4, -0.2) is 39.3 Å². The molecule has 4 heteroatoms. The standard InChI is InChI=1S/C17H25N3O/c1-18-17(19-11-7-15-5-3-2-4-6-15)20-12-8-16-9-13-21-14-10-16/h2-6,9H,7-8,10-14H2,1H3,(H2,18,19,20). The quantitative estimate of drug-likeness (QED) is 0.479. The van der Waals surface area contributed by atoms with Crippen molar-refractivity contribution >= 4 is 5.96 Å². The van der Waals surface area contributed by atoms with Crippen LogP contribution in [0.3, 0.4) is 0 Å². The molecule has 0 saturated heterocycles. The lowest BCUT2D eigenvalue weighted by Gasteiger charge is -2.15. The Balaban J connectivity index is 1.63. The summed E-state index contributed by atoms with van der Waals surface area (Å²) >= 11 is 0. The zero-order valence-corrected chi connectivity index (χ0v) is 12.8. The van der Waals surface area contributed by atoms with E-state index in [9.17, 15) is 0 Å². The lowest BCUT2D eigenvalue weighted by Crippen LogP contribution is -2.38. The molecule has 0 radical (unpaired) electrons. The minimum atomic E-state index is 0.763. The molecule has 0 bridgehead atoms. The van der Waals surface area contributed by atoms with Crippen molar-refractivity contribution in [3.63, 3.8) is 0 Å². The first-order chi connectivity index (χ1) is 10.4. The van der Waals surface area contributed by atoms with Gasteiger partial charge in [-0.2, -0.15) is 0 Å². The fraction of sp³-hybridized carbons (Fsp3) is 0.471. The third-order valence-corrected chi connectivity index (χ3v) is 3.57. The van der Waals surface area contributed by atoms with Gasteiger partial charge in [0.15, 0.2) is 5.96 Å². The smallest absolute Gasteiger partial charge is 0.190 e. The van der Waals surface area contributed by atoms with Gasteiger partial charge in [-0.25, -0.2) is 0 Å². The fourth-order valence-electron chi connectivity index (χ4n) is 2.32. The first-order valence-electron chi connectivity index (χ1n) is 7.62. The molecule has 1 aliphatic rings. The van der Waals surface area contributed by atoms with Crippen LogP contribution < -0.4 is 10.6 Å².